The summed E-state index contributed by atoms with van der Waals surface area (Å²) in [5.41, 5.74) is -1.62. The minimum Gasteiger partial charge on any atom is -0.324 e. The Labute approximate surface area is 119 Å². The maximum Gasteiger partial charge on any atom is 0.416 e. The molecule has 2 rings (SSSR count). The largest absolute Gasteiger partial charge is 0.416 e. The van der Waals surface area contributed by atoms with Gasteiger partial charge in [-0.25, -0.2) is 4.39 Å². The molecule has 0 aromatic heterocycles. The number of amides is 1. The van der Waals surface area contributed by atoms with Crippen LogP contribution < -0.4 is 5.32 Å². The average Bonchev–Trinajstić information content (AvgIpc) is 3.11. The molecule has 0 atom stereocenters. The number of alkyl halides is 3. The lowest BCUT2D eigenvalue weighted by Crippen LogP contribution is -2.19. The van der Waals surface area contributed by atoms with E-state index in [9.17, 15) is 22.4 Å². The summed E-state index contributed by atoms with van der Waals surface area (Å²) in [4.78, 5) is 11.7. The lowest BCUT2D eigenvalue weighted by molar-refractivity contribution is -0.137. The van der Waals surface area contributed by atoms with Crippen LogP contribution in [0.25, 0.3) is 0 Å². The normalized spacial score (nSPS) is 16.9. The second-order valence-corrected chi connectivity index (χ2v) is 5.39. The van der Waals surface area contributed by atoms with Crippen LogP contribution in [0.15, 0.2) is 18.2 Å². The van der Waals surface area contributed by atoms with Gasteiger partial charge in [0.15, 0.2) is 0 Å². The van der Waals surface area contributed by atoms with Crippen LogP contribution in [-0.2, 0) is 11.0 Å². The Morgan fingerprint density at radius 2 is 2.00 bits per heavy atom. The quantitative estimate of drug-likeness (QED) is 0.641. The van der Waals surface area contributed by atoms with Gasteiger partial charge in [-0.15, -0.1) is 0 Å². The van der Waals surface area contributed by atoms with Crippen molar-refractivity contribution < 1.29 is 22.4 Å². The smallest absolute Gasteiger partial charge is 0.324 e. The van der Waals surface area contributed by atoms with E-state index in [-0.39, 0.29) is 11.8 Å². The van der Waals surface area contributed by atoms with Gasteiger partial charge in [0.1, 0.15) is 5.82 Å². The summed E-state index contributed by atoms with van der Waals surface area (Å²) in [7, 11) is 0. The maximum absolute atomic E-state index is 13.5. The average molecular weight is 307 g/mol. The van der Waals surface area contributed by atoms with E-state index in [0.717, 1.165) is 12.8 Å². The zero-order chi connectivity index (χ0) is 15.0. The molecule has 1 saturated carbocycles. The molecular formula is C13H13F4NOS. The monoisotopic (exact) mass is 307 g/mol. The van der Waals surface area contributed by atoms with Crippen molar-refractivity contribution in [1.82, 2.24) is 0 Å². The Morgan fingerprint density at radius 1 is 1.35 bits per heavy atom. The number of halogens is 4. The van der Waals surface area contributed by atoms with Crippen molar-refractivity contribution in [3.8, 4) is 0 Å². The first-order valence-corrected chi connectivity index (χ1v) is 6.66. The van der Waals surface area contributed by atoms with Crippen molar-refractivity contribution in [1.29, 1.82) is 0 Å². The number of rotatable bonds is 4. The Kier molecular flexibility index (Phi) is 4.00. The van der Waals surface area contributed by atoms with Gasteiger partial charge in [-0.1, -0.05) is 0 Å². The van der Waals surface area contributed by atoms with Crippen LogP contribution in [-0.4, -0.2) is 11.7 Å². The number of hydrogen-bond acceptors (Lipinski definition) is 2. The van der Waals surface area contributed by atoms with E-state index in [1.807, 2.05) is 0 Å². The highest BCUT2D eigenvalue weighted by Gasteiger charge is 2.43. The van der Waals surface area contributed by atoms with Crippen LogP contribution in [0.2, 0.25) is 0 Å². The van der Waals surface area contributed by atoms with Crippen molar-refractivity contribution in [3.63, 3.8) is 0 Å². The summed E-state index contributed by atoms with van der Waals surface area (Å²) in [6.07, 6.45) is -2.72. The van der Waals surface area contributed by atoms with Gasteiger partial charge in [0.25, 0.3) is 0 Å². The third-order valence-corrected chi connectivity index (χ3v) is 4.07. The second-order valence-electron chi connectivity index (χ2n) is 5.08. The standard InChI is InChI=1S/C13H13F4NOS/c14-9-2-1-8(13(15,16)17)5-10(9)18-11(19)6-12(7-20)3-4-12/h1-2,5,20H,3-4,6-7H2,(H,18,19). The van der Waals surface area contributed by atoms with Gasteiger partial charge in [-0.05, 0) is 42.2 Å². The highest BCUT2D eigenvalue weighted by molar-refractivity contribution is 7.80. The van der Waals surface area contributed by atoms with Crippen LogP contribution in [0.5, 0.6) is 0 Å². The van der Waals surface area contributed by atoms with Gasteiger partial charge in [0.2, 0.25) is 5.91 Å². The number of carbonyl (C=O) groups is 1. The molecule has 1 aliphatic carbocycles. The predicted octanol–water partition coefficient (Wildman–Crippen LogP) is 3.88. The second kappa shape index (κ2) is 5.27. The fourth-order valence-electron chi connectivity index (χ4n) is 1.90. The van der Waals surface area contributed by atoms with E-state index in [0.29, 0.717) is 24.0 Å². The lowest BCUT2D eigenvalue weighted by atomic mass is 10.0. The lowest BCUT2D eigenvalue weighted by Gasteiger charge is -2.13. The van der Waals surface area contributed by atoms with Crippen LogP contribution in [0.3, 0.4) is 0 Å². The molecule has 0 aliphatic heterocycles. The zero-order valence-corrected chi connectivity index (χ0v) is 11.3. The fourth-order valence-corrected chi connectivity index (χ4v) is 2.33. The summed E-state index contributed by atoms with van der Waals surface area (Å²) in [6, 6.07) is 1.94. The molecule has 1 aromatic rings. The first-order chi connectivity index (χ1) is 9.26. The molecule has 1 amide bonds. The van der Waals surface area contributed by atoms with E-state index < -0.39 is 29.2 Å². The molecule has 0 unspecified atom stereocenters. The Morgan fingerprint density at radius 3 is 2.50 bits per heavy atom. The van der Waals surface area contributed by atoms with Crippen molar-refractivity contribution in [2.24, 2.45) is 5.41 Å². The Hall–Kier alpha value is -1.24. The maximum atomic E-state index is 13.5. The van der Waals surface area contributed by atoms with Gasteiger partial charge >= 0.3 is 6.18 Å². The van der Waals surface area contributed by atoms with E-state index in [2.05, 4.69) is 17.9 Å². The van der Waals surface area contributed by atoms with Crippen molar-refractivity contribution in [2.75, 3.05) is 11.1 Å². The first-order valence-electron chi connectivity index (χ1n) is 6.03. The molecule has 0 spiro atoms. The van der Waals surface area contributed by atoms with Crippen molar-refractivity contribution >= 4 is 24.2 Å². The number of carbonyl (C=O) groups excluding carboxylic acids is 1. The Balaban J connectivity index is 2.10. The molecule has 0 heterocycles. The van der Waals surface area contributed by atoms with Crippen LogP contribution in [0, 0.1) is 11.2 Å². The minimum absolute atomic E-state index is 0.145. The number of anilines is 1. The summed E-state index contributed by atoms with van der Waals surface area (Å²) < 4.78 is 51.0. The number of thiol groups is 1. The Bertz CT molecular complexity index is 526. The molecular weight excluding hydrogens is 294 g/mol. The molecule has 1 fully saturated rings. The third-order valence-electron chi connectivity index (χ3n) is 3.40. The molecule has 2 nitrogen and oxygen atoms in total. The topological polar surface area (TPSA) is 29.1 Å². The minimum atomic E-state index is -4.57. The third kappa shape index (κ3) is 3.45. The van der Waals surface area contributed by atoms with E-state index in [1.54, 1.807) is 0 Å². The molecule has 0 bridgehead atoms. The van der Waals surface area contributed by atoms with Crippen LogP contribution in [0.1, 0.15) is 24.8 Å². The first kappa shape index (κ1) is 15.2. The summed E-state index contributed by atoms with van der Waals surface area (Å²) >= 11 is 4.14. The van der Waals surface area contributed by atoms with Crippen LogP contribution >= 0.6 is 12.6 Å². The van der Waals surface area contributed by atoms with Crippen molar-refractivity contribution in [2.45, 2.75) is 25.4 Å². The molecule has 0 radical (unpaired) electrons. The number of hydrogen-bond donors (Lipinski definition) is 2. The highest BCUT2D eigenvalue weighted by Crippen LogP contribution is 2.49. The highest BCUT2D eigenvalue weighted by atomic mass is 32.1. The molecule has 1 aromatic carbocycles. The summed E-state index contributed by atoms with van der Waals surface area (Å²) in [5, 5.41) is 2.21. The molecule has 7 heteroatoms. The van der Waals surface area contributed by atoms with Gasteiger partial charge in [-0.2, -0.15) is 25.8 Å². The molecule has 110 valence electrons. The predicted molar refractivity (Wildman–Crippen MR) is 70.2 cm³/mol. The van der Waals surface area contributed by atoms with Crippen LogP contribution in [0.4, 0.5) is 23.2 Å². The molecule has 1 aliphatic rings. The fraction of sp³-hybridized carbons (Fsp3) is 0.462. The van der Waals surface area contributed by atoms with E-state index in [4.69, 9.17) is 0 Å². The van der Waals surface area contributed by atoms with Gasteiger partial charge in [0.05, 0.1) is 11.3 Å². The van der Waals surface area contributed by atoms with Gasteiger partial charge in [-0.3, -0.25) is 4.79 Å². The van der Waals surface area contributed by atoms with E-state index in [1.165, 1.54) is 0 Å². The summed E-state index contributed by atoms with van der Waals surface area (Å²) in [5.74, 6) is -0.845. The SMILES string of the molecule is O=C(CC1(CS)CC1)Nc1cc(C(F)(F)F)ccc1F. The van der Waals surface area contributed by atoms with Crippen molar-refractivity contribution in [3.05, 3.63) is 29.6 Å². The molecule has 1 N–H and O–H groups in total. The summed E-state index contributed by atoms with van der Waals surface area (Å²) in [6.45, 7) is 0. The number of benzene rings is 1. The van der Waals surface area contributed by atoms with Gasteiger partial charge in [0, 0.05) is 6.42 Å². The molecule has 20 heavy (non-hydrogen) atoms. The van der Waals surface area contributed by atoms with E-state index >= 15 is 0 Å². The molecule has 0 saturated heterocycles. The van der Waals surface area contributed by atoms with Gasteiger partial charge < -0.3 is 5.32 Å². The number of nitrogens with one attached hydrogen (secondary N) is 1. The zero-order valence-electron chi connectivity index (χ0n) is 10.4.